The van der Waals surface area contributed by atoms with Crippen LogP contribution in [-0.4, -0.2) is 6.29 Å². The third kappa shape index (κ3) is 2.25. The molecule has 1 unspecified atom stereocenters. The van der Waals surface area contributed by atoms with Crippen molar-refractivity contribution in [2.45, 2.75) is 19.1 Å². The average molecular weight is 176 g/mol. The SMILES string of the molecule is C1=COC(OC2=CCCC=C2)C=C1. The van der Waals surface area contributed by atoms with Crippen LogP contribution in [0.4, 0.5) is 0 Å². The van der Waals surface area contributed by atoms with E-state index in [1.54, 1.807) is 6.26 Å². The normalized spacial score (nSPS) is 25.2. The Hall–Kier alpha value is -1.44. The predicted octanol–water partition coefficient (Wildman–Crippen LogP) is 2.66. The summed E-state index contributed by atoms with van der Waals surface area (Å²) in [6.45, 7) is 0. The highest BCUT2D eigenvalue weighted by molar-refractivity contribution is 5.17. The second-order valence-electron chi connectivity index (χ2n) is 2.92. The Morgan fingerprint density at radius 2 is 2.31 bits per heavy atom. The second-order valence-corrected chi connectivity index (χ2v) is 2.92. The van der Waals surface area contributed by atoms with Gasteiger partial charge in [0.25, 0.3) is 6.29 Å². The molecule has 1 aliphatic heterocycles. The highest BCUT2D eigenvalue weighted by atomic mass is 16.7. The van der Waals surface area contributed by atoms with Crippen molar-refractivity contribution in [3.05, 3.63) is 48.5 Å². The van der Waals surface area contributed by atoms with E-state index in [0.717, 1.165) is 18.6 Å². The van der Waals surface area contributed by atoms with Gasteiger partial charge in [0.15, 0.2) is 0 Å². The maximum Gasteiger partial charge on any atom is 0.260 e. The quantitative estimate of drug-likeness (QED) is 0.644. The zero-order chi connectivity index (χ0) is 8.93. The van der Waals surface area contributed by atoms with E-state index in [-0.39, 0.29) is 6.29 Å². The fraction of sp³-hybridized carbons (Fsp3) is 0.273. The van der Waals surface area contributed by atoms with E-state index in [1.165, 1.54) is 0 Å². The number of rotatable bonds is 2. The van der Waals surface area contributed by atoms with Gasteiger partial charge in [0, 0.05) is 0 Å². The van der Waals surface area contributed by atoms with E-state index in [2.05, 4.69) is 12.2 Å². The molecule has 2 aliphatic rings. The van der Waals surface area contributed by atoms with Gasteiger partial charge in [-0.3, -0.25) is 0 Å². The summed E-state index contributed by atoms with van der Waals surface area (Å²) in [5, 5.41) is 0. The summed E-state index contributed by atoms with van der Waals surface area (Å²) in [6, 6.07) is 0. The van der Waals surface area contributed by atoms with Crippen molar-refractivity contribution in [3.63, 3.8) is 0 Å². The van der Waals surface area contributed by atoms with Crippen LogP contribution in [0.2, 0.25) is 0 Å². The van der Waals surface area contributed by atoms with Gasteiger partial charge in [0.1, 0.15) is 5.76 Å². The lowest BCUT2D eigenvalue weighted by molar-refractivity contribution is -0.0353. The number of allylic oxidation sites excluding steroid dienone is 5. The molecule has 2 rings (SSSR count). The predicted molar refractivity (Wildman–Crippen MR) is 50.7 cm³/mol. The first-order chi connectivity index (χ1) is 6.45. The topological polar surface area (TPSA) is 18.5 Å². The van der Waals surface area contributed by atoms with Gasteiger partial charge in [-0.15, -0.1) is 0 Å². The molecule has 13 heavy (non-hydrogen) atoms. The highest BCUT2D eigenvalue weighted by Crippen LogP contribution is 2.15. The molecule has 1 atom stereocenters. The Morgan fingerprint density at radius 3 is 3.00 bits per heavy atom. The molecule has 1 aliphatic carbocycles. The fourth-order valence-electron chi connectivity index (χ4n) is 1.25. The number of ether oxygens (including phenoxy) is 2. The molecule has 0 saturated heterocycles. The number of hydrogen-bond donors (Lipinski definition) is 0. The molecule has 0 spiro atoms. The first-order valence-electron chi connectivity index (χ1n) is 4.47. The molecule has 1 heterocycles. The maximum atomic E-state index is 5.55. The van der Waals surface area contributed by atoms with E-state index in [9.17, 15) is 0 Å². The van der Waals surface area contributed by atoms with E-state index in [1.807, 2.05) is 24.3 Å². The minimum Gasteiger partial charge on any atom is -0.459 e. The largest absolute Gasteiger partial charge is 0.459 e. The molecular weight excluding hydrogens is 164 g/mol. The minimum atomic E-state index is -0.265. The van der Waals surface area contributed by atoms with Crippen LogP contribution in [-0.2, 0) is 9.47 Å². The van der Waals surface area contributed by atoms with Crippen molar-refractivity contribution in [2.24, 2.45) is 0 Å². The van der Waals surface area contributed by atoms with Crippen molar-refractivity contribution in [1.82, 2.24) is 0 Å². The molecule has 0 aromatic carbocycles. The monoisotopic (exact) mass is 176 g/mol. The summed E-state index contributed by atoms with van der Waals surface area (Å²) < 4.78 is 10.8. The lowest BCUT2D eigenvalue weighted by Gasteiger charge is -2.18. The highest BCUT2D eigenvalue weighted by Gasteiger charge is 2.08. The van der Waals surface area contributed by atoms with Gasteiger partial charge >= 0.3 is 0 Å². The first-order valence-corrected chi connectivity index (χ1v) is 4.47. The smallest absolute Gasteiger partial charge is 0.260 e. The Bertz CT molecular complexity index is 284. The van der Waals surface area contributed by atoms with Gasteiger partial charge in [-0.25, -0.2) is 0 Å². The van der Waals surface area contributed by atoms with E-state index in [0.29, 0.717) is 0 Å². The van der Waals surface area contributed by atoms with Gasteiger partial charge in [-0.1, -0.05) is 12.2 Å². The van der Waals surface area contributed by atoms with Crippen LogP contribution >= 0.6 is 0 Å². The molecule has 0 fully saturated rings. The van der Waals surface area contributed by atoms with Crippen molar-refractivity contribution < 1.29 is 9.47 Å². The van der Waals surface area contributed by atoms with E-state index < -0.39 is 0 Å². The number of hydrogen-bond acceptors (Lipinski definition) is 2. The van der Waals surface area contributed by atoms with Crippen molar-refractivity contribution in [2.75, 3.05) is 0 Å². The van der Waals surface area contributed by atoms with Crippen LogP contribution in [0.15, 0.2) is 48.5 Å². The summed E-state index contributed by atoms with van der Waals surface area (Å²) in [5.41, 5.74) is 0. The zero-order valence-electron chi connectivity index (χ0n) is 7.35. The third-order valence-electron chi connectivity index (χ3n) is 1.88. The summed E-state index contributed by atoms with van der Waals surface area (Å²) in [5.74, 6) is 0.899. The lowest BCUT2D eigenvalue weighted by Crippen LogP contribution is -2.12. The zero-order valence-corrected chi connectivity index (χ0v) is 7.35. The molecule has 2 heteroatoms. The molecular formula is C11H12O2. The Balaban J connectivity index is 1.90. The molecule has 0 bridgehead atoms. The molecule has 68 valence electrons. The summed E-state index contributed by atoms with van der Waals surface area (Å²) in [6.07, 6.45) is 15.3. The molecule has 0 aromatic heterocycles. The van der Waals surface area contributed by atoms with Crippen LogP contribution < -0.4 is 0 Å². The van der Waals surface area contributed by atoms with E-state index >= 15 is 0 Å². The standard InChI is InChI=1S/C11H12O2/c1-2-6-10(7-3-1)13-11-8-4-5-9-12-11/h2,4-9,11H,1,3H2. The van der Waals surface area contributed by atoms with E-state index in [4.69, 9.17) is 9.47 Å². The van der Waals surface area contributed by atoms with Crippen molar-refractivity contribution >= 4 is 0 Å². The average Bonchev–Trinajstić information content (AvgIpc) is 2.21. The van der Waals surface area contributed by atoms with Gasteiger partial charge in [-0.05, 0) is 37.1 Å². The molecule has 2 nitrogen and oxygen atoms in total. The summed E-state index contributed by atoms with van der Waals surface area (Å²) >= 11 is 0. The molecule has 0 aromatic rings. The minimum absolute atomic E-state index is 0.265. The van der Waals surface area contributed by atoms with Gasteiger partial charge < -0.3 is 9.47 Å². The third-order valence-corrected chi connectivity index (χ3v) is 1.88. The molecule has 0 N–H and O–H groups in total. The Kier molecular flexibility index (Phi) is 2.51. The van der Waals surface area contributed by atoms with Gasteiger partial charge in [0.2, 0.25) is 0 Å². The summed E-state index contributed by atoms with van der Waals surface area (Å²) in [4.78, 5) is 0. The van der Waals surface area contributed by atoms with Crippen LogP contribution in [0.25, 0.3) is 0 Å². The van der Waals surface area contributed by atoms with Crippen molar-refractivity contribution in [3.8, 4) is 0 Å². The first kappa shape index (κ1) is 8.17. The maximum absolute atomic E-state index is 5.55. The Morgan fingerprint density at radius 1 is 1.31 bits per heavy atom. The summed E-state index contributed by atoms with van der Waals surface area (Å²) in [7, 11) is 0. The second kappa shape index (κ2) is 3.99. The molecule has 0 radical (unpaired) electrons. The van der Waals surface area contributed by atoms with Crippen molar-refractivity contribution in [1.29, 1.82) is 0 Å². The fourth-order valence-corrected chi connectivity index (χ4v) is 1.25. The van der Waals surface area contributed by atoms with Crippen LogP contribution in [0.3, 0.4) is 0 Å². The van der Waals surface area contributed by atoms with Gasteiger partial charge in [-0.2, -0.15) is 0 Å². The molecule has 0 amide bonds. The van der Waals surface area contributed by atoms with Crippen LogP contribution in [0.5, 0.6) is 0 Å². The van der Waals surface area contributed by atoms with Gasteiger partial charge in [0.05, 0.1) is 6.26 Å². The van der Waals surface area contributed by atoms with Crippen LogP contribution in [0.1, 0.15) is 12.8 Å². The Labute approximate surface area is 77.8 Å². The van der Waals surface area contributed by atoms with Crippen LogP contribution in [0, 0.1) is 0 Å². The lowest BCUT2D eigenvalue weighted by atomic mass is 10.2. The molecule has 0 saturated carbocycles.